The SMILES string of the molecule is Cc1cccc2nc3cccc(C(=O)NCCCN(CCC(Nc4n[n+]([O-])c5ccccc5[n+]4[O-])C(C)(C)C)C(=O)O)c3nc12. The quantitative estimate of drug-likeness (QED) is 0.0914. The number of nitrogens with one attached hydrogen (secondary N) is 2. The third kappa shape index (κ3) is 6.77. The number of aryl methyl sites for hydroxylation is 1. The molecule has 1 unspecified atom stereocenters. The molecule has 0 bridgehead atoms. The van der Waals surface area contributed by atoms with Crippen LogP contribution in [0, 0.1) is 22.8 Å². The molecule has 2 amide bonds. The summed E-state index contributed by atoms with van der Waals surface area (Å²) in [4.78, 5) is 36.3. The number of carbonyl (C=O) groups is 2. The summed E-state index contributed by atoms with van der Waals surface area (Å²) in [7, 11) is 0. The third-order valence-electron chi connectivity index (χ3n) is 7.82. The van der Waals surface area contributed by atoms with Gasteiger partial charge in [-0.05, 0) is 55.0 Å². The first-order valence-electron chi connectivity index (χ1n) is 14.7. The van der Waals surface area contributed by atoms with Gasteiger partial charge in [0.2, 0.25) is 5.10 Å². The molecule has 0 saturated heterocycles. The lowest BCUT2D eigenvalue weighted by Crippen LogP contribution is -2.48. The van der Waals surface area contributed by atoms with Crippen molar-refractivity contribution >= 4 is 51.0 Å². The predicted molar refractivity (Wildman–Crippen MR) is 169 cm³/mol. The van der Waals surface area contributed by atoms with Gasteiger partial charge in [0, 0.05) is 30.5 Å². The minimum absolute atomic E-state index is 0.145. The lowest BCUT2D eigenvalue weighted by atomic mass is 9.84. The number of fused-ring (bicyclic) bond motifs is 3. The molecule has 2 heterocycles. The van der Waals surface area contributed by atoms with E-state index in [-0.39, 0.29) is 48.6 Å². The predicted octanol–water partition coefficient (Wildman–Crippen LogP) is 3.92. The number of rotatable bonds is 10. The molecule has 0 aliphatic rings. The van der Waals surface area contributed by atoms with E-state index in [1.54, 1.807) is 24.3 Å². The van der Waals surface area contributed by atoms with Crippen LogP contribution in [0.25, 0.3) is 33.1 Å². The molecular weight excluding hydrogens is 576 g/mol. The van der Waals surface area contributed by atoms with Gasteiger partial charge in [-0.1, -0.05) is 51.1 Å². The Morgan fingerprint density at radius 2 is 1.62 bits per heavy atom. The van der Waals surface area contributed by atoms with E-state index in [9.17, 15) is 25.1 Å². The van der Waals surface area contributed by atoms with Crippen molar-refractivity contribution in [1.82, 2.24) is 25.3 Å². The number of nitrogens with zero attached hydrogens (tertiary/aromatic N) is 6. The van der Waals surface area contributed by atoms with Crippen LogP contribution in [0.4, 0.5) is 10.7 Å². The molecular formula is C32H36N8O5. The van der Waals surface area contributed by atoms with E-state index in [0.717, 1.165) is 16.6 Å². The first-order chi connectivity index (χ1) is 21.4. The summed E-state index contributed by atoms with van der Waals surface area (Å²) in [6, 6.07) is 17.0. The van der Waals surface area contributed by atoms with Crippen LogP contribution in [0.1, 0.15) is 49.5 Å². The number of amides is 2. The fraction of sp³-hybridized carbons (Fsp3) is 0.344. The molecule has 5 aromatic rings. The standard InChI is InChI=1S/C32H36N8O5/c1-20-10-7-12-22-27(20)36-28-21(11-8-13-23(28)34-22)29(41)33-17-9-18-38(31(42)43)19-16-26(32(2,3)4)35-30-37-40(45)25-15-6-5-14-24(25)39(30)44/h5-8,10-15,26H,9,16-19H2,1-4H3,(H,33,41)(H,35,37)(H,42,43). The molecule has 3 aromatic carbocycles. The second kappa shape index (κ2) is 12.7. The molecule has 234 valence electrons. The topological polar surface area (TPSA) is 174 Å². The monoisotopic (exact) mass is 612 g/mol. The maximum absolute atomic E-state index is 13.1. The number of aromatic nitrogens is 5. The smallest absolute Gasteiger partial charge is 0.461 e. The minimum Gasteiger partial charge on any atom is -0.739 e. The highest BCUT2D eigenvalue weighted by Gasteiger charge is 2.32. The highest BCUT2D eigenvalue weighted by Crippen LogP contribution is 2.25. The molecule has 45 heavy (non-hydrogen) atoms. The molecule has 13 heteroatoms. The van der Waals surface area contributed by atoms with E-state index in [1.807, 2.05) is 52.0 Å². The first kappa shape index (κ1) is 31.1. The summed E-state index contributed by atoms with van der Waals surface area (Å²) >= 11 is 0. The number of carboxylic acid groups (broad SMARTS) is 1. The van der Waals surface area contributed by atoms with E-state index < -0.39 is 11.5 Å². The summed E-state index contributed by atoms with van der Waals surface area (Å²) in [5.41, 5.74) is 3.89. The van der Waals surface area contributed by atoms with Crippen molar-refractivity contribution in [2.45, 2.75) is 46.6 Å². The Kier molecular flexibility index (Phi) is 8.80. The third-order valence-corrected chi connectivity index (χ3v) is 7.82. The highest BCUT2D eigenvalue weighted by molar-refractivity contribution is 6.06. The van der Waals surface area contributed by atoms with Gasteiger partial charge in [-0.15, -0.1) is 0 Å². The second-order valence-electron chi connectivity index (χ2n) is 12.0. The van der Waals surface area contributed by atoms with Crippen molar-refractivity contribution in [2.24, 2.45) is 5.41 Å². The summed E-state index contributed by atoms with van der Waals surface area (Å²) in [6.45, 7) is 8.40. The van der Waals surface area contributed by atoms with Crippen LogP contribution in [0.2, 0.25) is 0 Å². The number of carbonyl (C=O) groups excluding carboxylic acids is 1. The zero-order valence-corrected chi connectivity index (χ0v) is 25.6. The summed E-state index contributed by atoms with van der Waals surface area (Å²) in [5, 5.41) is 45.1. The van der Waals surface area contributed by atoms with Crippen molar-refractivity contribution in [1.29, 1.82) is 0 Å². The van der Waals surface area contributed by atoms with Crippen LogP contribution in [-0.2, 0) is 0 Å². The van der Waals surface area contributed by atoms with Crippen LogP contribution in [0.5, 0.6) is 0 Å². The average molecular weight is 613 g/mol. The lowest BCUT2D eigenvalue weighted by Gasteiger charge is -2.30. The number of hydrogen-bond acceptors (Lipinski definition) is 8. The van der Waals surface area contributed by atoms with Gasteiger partial charge in [0.1, 0.15) is 5.52 Å². The van der Waals surface area contributed by atoms with Crippen LogP contribution < -0.4 is 20.2 Å². The highest BCUT2D eigenvalue weighted by atomic mass is 16.5. The molecule has 3 N–H and O–H groups in total. The van der Waals surface area contributed by atoms with Crippen LogP contribution >= 0.6 is 0 Å². The molecule has 5 rings (SSSR count). The fourth-order valence-corrected chi connectivity index (χ4v) is 5.26. The Balaban J connectivity index is 1.21. The molecule has 0 saturated carbocycles. The Bertz CT molecular complexity index is 1890. The summed E-state index contributed by atoms with van der Waals surface area (Å²) < 4.78 is 0.575. The minimum atomic E-state index is -1.10. The Hall–Kier alpha value is -5.33. The maximum Gasteiger partial charge on any atom is 0.461 e. The molecule has 0 radical (unpaired) electrons. The van der Waals surface area contributed by atoms with Crippen LogP contribution in [0.15, 0.2) is 60.7 Å². The maximum atomic E-state index is 13.1. The number of para-hydroxylation sites is 4. The zero-order chi connectivity index (χ0) is 32.3. The second-order valence-corrected chi connectivity index (χ2v) is 12.0. The average Bonchev–Trinajstić information content (AvgIpc) is 3.00. The van der Waals surface area contributed by atoms with Gasteiger partial charge in [-0.3, -0.25) is 10.1 Å². The van der Waals surface area contributed by atoms with Crippen molar-refractivity contribution < 1.29 is 24.3 Å². The normalized spacial score (nSPS) is 12.4. The van der Waals surface area contributed by atoms with Gasteiger partial charge in [0.25, 0.3) is 11.4 Å². The molecule has 1 atom stereocenters. The van der Waals surface area contributed by atoms with E-state index >= 15 is 0 Å². The zero-order valence-electron chi connectivity index (χ0n) is 25.6. The largest absolute Gasteiger partial charge is 0.739 e. The molecule has 0 aliphatic heterocycles. The van der Waals surface area contributed by atoms with E-state index in [2.05, 4.69) is 20.7 Å². The van der Waals surface area contributed by atoms with E-state index in [0.29, 0.717) is 39.0 Å². The van der Waals surface area contributed by atoms with Gasteiger partial charge in [0.15, 0.2) is 5.52 Å². The number of anilines is 1. The fourth-order valence-electron chi connectivity index (χ4n) is 5.26. The molecule has 0 fully saturated rings. The van der Waals surface area contributed by atoms with Gasteiger partial charge in [-0.25, -0.2) is 19.5 Å². The molecule has 0 spiro atoms. The van der Waals surface area contributed by atoms with Crippen molar-refractivity contribution in [3.8, 4) is 0 Å². The number of benzene rings is 3. The molecule has 2 aromatic heterocycles. The molecule has 13 nitrogen and oxygen atoms in total. The summed E-state index contributed by atoms with van der Waals surface area (Å²) in [6.07, 6.45) is -0.370. The van der Waals surface area contributed by atoms with Crippen molar-refractivity contribution in [3.63, 3.8) is 0 Å². The number of hydrogen-bond donors (Lipinski definition) is 3. The van der Waals surface area contributed by atoms with Gasteiger partial charge in [0.05, 0.1) is 28.2 Å². The van der Waals surface area contributed by atoms with Gasteiger partial charge >= 0.3 is 12.0 Å². The first-order valence-corrected chi connectivity index (χ1v) is 14.7. The Morgan fingerprint density at radius 3 is 2.33 bits per heavy atom. The Labute approximate surface area is 259 Å². The van der Waals surface area contributed by atoms with E-state index in [1.165, 1.54) is 17.0 Å². The van der Waals surface area contributed by atoms with Crippen LogP contribution in [0.3, 0.4) is 0 Å². The molecule has 0 aliphatic carbocycles. The summed E-state index contributed by atoms with van der Waals surface area (Å²) in [5.74, 6) is -0.472. The van der Waals surface area contributed by atoms with E-state index in [4.69, 9.17) is 4.98 Å². The Morgan fingerprint density at radius 1 is 0.933 bits per heavy atom. The van der Waals surface area contributed by atoms with Crippen molar-refractivity contribution in [3.05, 3.63) is 82.2 Å². The van der Waals surface area contributed by atoms with Crippen molar-refractivity contribution in [2.75, 3.05) is 25.0 Å². The van der Waals surface area contributed by atoms with Crippen LogP contribution in [-0.4, -0.2) is 62.7 Å². The van der Waals surface area contributed by atoms with Gasteiger partial charge in [-0.2, -0.15) is 0 Å². The van der Waals surface area contributed by atoms with Gasteiger partial charge < -0.3 is 25.7 Å². The lowest BCUT2D eigenvalue weighted by molar-refractivity contribution is -0.672.